The second-order valence-electron chi connectivity index (χ2n) is 4.59. The molecule has 18 heavy (non-hydrogen) atoms. The Morgan fingerprint density at radius 2 is 1.83 bits per heavy atom. The highest BCUT2D eigenvalue weighted by Gasteiger charge is 2.05. The number of aromatic nitrogens is 1. The van der Waals surface area contributed by atoms with Crippen molar-refractivity contribution in [1.82, 2.24) is 4.98 Å². The zero-order valence-electron chi connectivity index (χ0n) is 10.8. The number of aryl methyl sites for hydroxylation is 1. The Morgan fingerprint density at radius 1 is 1.11 bits per heavy atom. The molecule has 1 heterocycles. The maximum atomic E-state index is 12.9. The first kappa shape index (κ1) is 12.6. The molecule has 0 N–H and O–H groups in total. The molecule has 0 unspecified atom stereocenters. The van der Waals surface area contributed by atoms with E-state index >= 15 is 0 Å². The van der Waals surface area contributed by atoms with Gasteiger partial charge in [-0.1, -0.05) is 19.9 Å². The molecule has 2 aromatic rings. The molecule has 94 valence electrons. The smallest absolute Gasteiger partial charge is 0.216 e. The van der Waals surface area contributed by atoms with E-state index in [1.165, 1.54) is 23.4 Å². The molecular weight excluding hydrogens is 229 g/mol. The number of rotatable bonds is 3. The monoisotopic (exact) mass is 245 g/mol. The Kier molecular flexibility index (Phi) is 3.60. The van der Waals surface area contributed by atoms with Gasteiger partial charge >= 0.3 is 0 Å². The molecule has 0 saturated heterocycles. The average Bonchev–Trinajstić information content (AvgIpc) is 2.28. The molecule has 0 aliphatic heterocycles. The molecule has 3 heteroatoms. The number of pyridine rings is 1. The van der Waals surface area contributed by atoms with E-state index in [-0.39, 0.29) is 0 Å². The third kappa shape index (κ3) is 2.86. The van der Waals surface area contributed by atoms with Gasteiger partial charge in [-0.2, -0.15) is 4.39 Å². The highest BCUT2D eigenvalue weighted by Crippen LogP contribution is 2.26. The van der Waals surface area contributed by atoms with Gasteiger partial charge in [-0.05, 0) is 42.2 Å². The first-order valence-corrected chi connectivity index (χ1v) is 5.96. The van der Waals surface area contributed by atoms with E-state index in [9.17, 15) is 4.39 Å². The predicted octanol–water partition coefficient (Wildman–Crippen LogP) is 4.44. The van der Waals surface area contributed by atoms with Crippen LogP contribution in [0.4, 0.5) is 4.39 Å². The van der Waals surface area contributed by atoms with Gasteiger partial charge in [0.05, 0.1) is 0 Å². The average molecular weight is 245 g/mol. The highest BCUT2D eigenvalue weighted by molar-refractivity contribution is 5.38. The molecule has 0 aliphatic rings. The number of ether oxygens (including phenoxy) is 1. The van der Waals surface area contributed by atoms with Gasteiger partial charge in [-0.3, -0.25) is 0 Å². The number of hydrogen-bond donors (Lipinski definition) is 0. The molecule has 1 aromatic heterocycles. The zero-order chi connectivity index (χ0) is 13.1. The Hall–Kier alpha value is -1.90. The summed E-state index contributed by atoms with van der Waals surface area (Å²) in [5.74, 6) is 1.11. The lowest BCUT2D eigenvalue weighted by molar-refractivity contribution is 0.471. The summed E-state index contributed by atoms with van der Waals surface area (Å²) in [7, 11) is 0. The molecule has 0 fully saturated rings. The fourth-order valence-electron chi connectivity index (χ4n) is 1.94. The second-order valence-corrected chi connectivity index (χ2v) is 4.59. The van der Waals surface area contributed by atoms with Gasteiger partial charge in [0.25, 0.3) is 0 Å². The fraction of sp³-hybridized carbons (Fsp3) is 0.267. The quantitative estimate of drug-likeness (QED) is 0.745. The van der Waals surface area contributed by atoms with Crippen LogP contribution in [0.25, 0.3) is 0 Å². The van der Waals surface area contributed by atoms with Crippen LogP contribution in [-0.4, -0.2) is 4.98 Å². The van der Waals surface area contributed by atoms with E-state index in [4.69, 9.17) is 4.74 Å². The number of hydrogen-bond acceptors (Lipinski definition) is 2. The minimum Gasteiger partial charge on any atom is -0.457 e. The summed E-state index contributed by atoms with van der Waals surface area (Å²) >= 11 is 0. The molecule has 1 aromatic carbocycles. The van der Waals surface area contributed by atoms with E-state index in [1.54, 1.807) is 6.07 Å². The maximum absolute atomic E-state index is 12.9. The molecule has 0 bridgehead atoms. The van der Waals surface area contributed by atoms with E-state index in [1.807, 2.05) is 18.2 Å². The summed E-state index contributed by atoms with van der Waals surface area (Å²) in [4.78, 5) is 3.49. The van der Waals surface area contributed by atoms with Crippen molar-refractivity contribution in [3.8, 4) is 11.5 Å². The Labute approximate surface area is 106 Å². The summed E-state index contributed by atoms with van der Waals surface area (Å²) < 4.78 is 18.5. The minimum atomic E-state index is -0.539. The molecule has 2 rings (SSSR count). The Balaban J connectivity index is 2.23. The van der Waals surface area contributed by atoms with Gasteiger partial charge in [0.1, 0.15) is 11.5 Å². The normalized spacial score (nSPS) is 10.7. The molecule has 0 saturated carbocycles. The van der Waals surface area contributed by atoms with Crippen molar-refractivity contribution >= 4 is 0 Å². The van der Waals surface area contributed by atoms with Crippen molar-refractivity contribution < 1.29 is 9.13 Å². The molecule has 0 radical (unpaired) electrons. The lowest BCUT2D eigenvalue weighted by Gasteiger charge is -2.12. The lowest BCUT2D eigenvalue weighted by Crippen LogP contribution is -1.93. The number of benzene rings is 1. The lowest BCUT2D eigenvalue weighted by atomic mass is 9.98. The van der Waals surface area contributed by atoms with E-state index in [2.05, 4.69) is 25.8 Å². The fourth-order valence-corrected chi connectivity index (χ4v) is 1.94. The summed E-state index contributed by atoms with van der Waals surface area (Å²) in [5.41, 5.74) is 2.47. The van der Waals surface area contributed by atoms with Crippen molar-refractivity contribution in [3.05, 3.63) is 53.6 Å². The van der Waals surface area contributed by atoms with Crippen molar-refractivity contribution in [2.75, 3.05) is 0 Å². The van der Waals surface area contributed by atoms with Crippen molar-refractivity contribution in [3.63, 3.8) is 0 Å². The number of nitrogens with zero attached hydrogens (tertiary/aromatic N) is 1. The van der Waals surface area contributed by atoms with Crippen LogP contribution in [0.15, 0.2) is 36.5 Å². The molecule has 2 nitrogen and oxygen atoms in total. The van der Waals surface area contributed by atoms with Crippen molar-refractivity contribution in [2.45, 2.75) is 26.7 Å². The molecule has 0 spiro atoms. The second kappa shape index (κ2) is 5.17. The third-order valence-electron chi connectivity index (χ3n) is 2.80. The maximum Gasteiger partial charge on any atom is 0.216 e. The van der Waals surface area contributed by atoms with E-state index in [0.717, 1.165) is 0 Å². The SMILES string of the molecule is Cc1cc(Oc2ccnc(F)c2)ccc1C(C)C. The summed E-state index contributed by atoms with van der Waals surface area (Å²) in [6.07, 6.45) is 1.39. The largest absolute Gasteiger partial charge is 0.457 e. The van der Waals surface area contributed by atoms with Gasteiger partial charge in [0.2, 0.25) is 5.95 Å². The minimum absolute atomic E-state index is 0.458. The van der Waals surface area contributed by atoms with E-state index in [0.29, 0.717) is 17.4 Å². The van der Waals surface area contributed by atoms with Crippen LogP contribution in [0.5, 0.6) is 11.5 Å². The Morgan fingerprint density at radius 3 is 2.44 bits per heavy atom. The van der Waals surface area contributed by atoms with Crippen LogP contribution >= 0.6 is 0 Å². The van der Waals surface area contributed by atoms with Gasteiger partial charge < -0.3 is 4.74 Å². The van der Waals surface area contributed by atoms with Crippen LogP contribution in [0.3, 0.4) is 0 Å². The van der Waals surface area contributed by atoms with Crippen LogP contribution in [0.2, 0.25) is 0 Å². The van der Waals surface area contributed by atoms with Gasteiger partial charge in [0.15, 0.2) is 0 Å². The third-order valence-corrected chi connectivity index (χ3v) is 2.80. The first-order valence-electron chi connectivity index (χ1n) is 5.96. The zero-order valence-corrected chi connectivity index (χ0v) is 10.8. The number of halogens is 1. The van der Waals surface area contributed by atoms with Crippen molar-refractivity contribution in [1.29, 1.82) is 0 Å². The summed E-state index contributed by atoms with van der Waals surface area (Å²) in [6.45, 7) is 6.36. The van der Waals surface area contributed by atoms with Crippen LogP contribution in [0.1, 0.15) is 30.9 Å². The van der Waals surface area contributed by atoms with Crippen molar-refractivity contribution in [2.24, 2.45) is 0 Å². The summed E-state index contributed by atoms with van der Waals surface area (Å²) in [5, 5.41) is 0. The standard InChI is InChI=1S/C15H16FNO/c1-10(2)14-5-4-12(8-11(14)3)18-13-6-7-17-15(16)9-13/h4-10H,1-3H3. The highest BCUT2D eigenvalue weighted by atomic mass is 19.1. The molecular formula is C15H16FNO. The van der Waals surface area contributed by atoms with Gasteiger partial charge in [-0.15, -0.1) is 0 Å². The molecule has 0 atom stereocenters. The van der Waals surface area contributed by atoms with Crippen LogP contribution in [-0.2, 0) is 0 Å². The van der Waals surface area contributed by atoms with E-state index < -0.39 is 5.95 Å². The van der Waals surface area contributed by atoms with Gasteiger partial charge in [-0.25, -0.2) is 4.98 Å². The predicted molar refractivity (Wildman–Crippen MR) is 69.5 cm³/mol. The van der Waals surface area contributed by atoms with Crippen LogP contribution < -0.4 is 4.74 Å². The molecule has 0 amide bonds. The topological polar surface area (TPSA) is 22.1 Å². The van der Waals surface area contributed by atoms with Crippen LogP contribution in [0, 0.1) is 12.9 Å². The first-order chi connectivity index (χ1) is 8.56. The van der Waals surface area contributed by atoms with Gasteiger partial charge in [0, 0.05) is 12.3 Å². The Bertz CT molecular complexity index is 552. The summed E-state index contributed by atoms with van der Waals surface area (Å²) in [6, 6.07) is 8.82. The molecule has 0 aliphatic carbocycles.